The average Bonchev–Trinajstić information content (AvgIpc) is 2.28. The Bertz CT molecular complexity index is 474. The van der Waals surface area contributed by atoms with Gasteiger partial charge < -0.3 is 9.64 Å². The molecule has 0 bridgehead atoms. The highest BCUT2D eigenvalue weighted by Crippen LogP contribution is 2.30. The molecule has 1 aromatic rings. The fourth-order valence-corrected chi connectivity index (χ4v) is 1.77. The van der Waals surface area contributed by atoms with E-state index in [1.54, 1.807) is 31.3 Å². The van der Waals surface area contributed by atoms with Crippen molar-refractivity contribution in [1.29, 1.82) is 5.26 Å². The summed E-state index contributed by atoms with van der Waals surface area (Å²) in [4.78, 5) is 13.6. The number of ether oxygens (including phenoxy) is 1. The molecule has 0 atom stereocenters. The maximum atomic E-state index is 12.2. The van der Waals surface area contributed by atoms with Gasteiger partial charge in [0, 0.05) is 17.8 Å². The SMILES string of the molecule is CN(C(=O)C1(C#N)COC1)c1ccc(Cl)cc1. The van der Waals surface area contributed by atoms with E-state index in [1.807, 2.05) is 6.07 Å². The van der Waals surface area contributed by atoms with Crippen LogP contribution in [0.25, 0.3) is 0 Å². The number of nitrogens with zero attached hydrogens (tertiary/aromatic N) is 2. The lowest BCUT2D eigenvalue weighted by atomic mass is 9.86. The Kier molecular flexibility index (Phi) is 3.05. The van der Waals surface area contributed by atoms with Gasteiger partial charge in [-0.15, -0.1) is 0 Å². The van der Waals surface area contributed by atoms with Gasteiger partial charge in [0.2, 0.25) is 0 Å². The predicted octanol–water partition coefficient (Wildman–Crippen LogP) is 1.84. The van der Waals surface area contributed by atoms with Crippen LogP contribution in [0.2, 0.25) is 5.02 Å². The second-order valence-electron chi connectivity index (χ2n) is 4.03. The van der Waals surface area contributed by atoms with Gasteiger partial charge in [-0.05, 0) is 24.3 Å². The number of amides is 1. The molecular weight excluding hydrogens is 240 g/mol. The van der Waals surface area contributed by atoms with Crippen molar-refractivity contribution in [3.05, 3.63) is 29.3 Å². The second kappa shape index (κ2) is 4.36. The molecule has 88 valence electrons. The summed E-state index contributed by atoms with van der Waals surface area (Å²) in [5, 5.41) is 9.66. The maximum Gasteiger partial charge on any atom is 0.252 e. The van der Waals surface area contributed by atoms with Crippen molar-refractivity contribution in [2.45, 2.75) is 0 Å². The zero-order valence-electron chi connectivity index (χ0n) is 9.31. The zero-order chi connectivity index (χ0) is 12.5. The highest BCUT2D eigenvalue weighted by atomic mass is 35.5. The molecule has 0 radical (unpaired) electrons. The Hall–Kier alpha value is -1.57. The van der Waals surface area contributed by atoms with E-state index >= 15 is 0 Å². The monoisotopic (exact) mass is 250 g/mol. The molecular formula is C12H11ClN2O2. The second-order valence-corrected chi connectivity index (χ2v) is 4.46. The highest BCUT2D eigenvalue weighted by Gasteiger charge is 2.48. The number of halogens is 1. The van der Waals surface area contributed by atoms with Crippen molar-refractivity contribution < 1.29 is 9.53 Å². The topological polar surface area (TPSA) is 53.3 Å². The minimum absolute atomic E-state index is 0.167. The quantitative estimate of drug-likeness (QED) is 0.805. The number of hydrogen-bond acceptors (Lipinski definition) is 3. The number of benzene rings is 1. The fraction of sp³-hybridized carbons (Fsp3) is 0.333. The summed E-state index contributed by atoms with van der Waals surface area (Å²) >= 11 is 5.78. The van der Waals surface area contributed by atoms with Gasteiger partial charge in [0.15, 0.2) is 5.41 Å². The van der Waals surface area contributed by atoms with Gasteiger partial charge in [0.05, 0.1) is 19.3 Å². The van der Waals surface area contributed by atoms with Crippen LogP contribution in [0.3, 0.4) is 0 Å². The van der Waals surface area contributed by atoms with Crippen molar-refractivity contribution in [1.82, 2.24) is 0 Å². The summed E-state index contributed by atoms with van der Waals surface area (Å²) in [6.45, 7) is 0.334. The first-order valence-electron chi connectivity index (χ1n) is 5.12. The molecule has 0 saturated carbocycles. The molecule has 17 heavy (non-hydrogen) atoms. The van der Waals surface area contributed by atoms with Crippen LogP contribution < -0.4 is 4.90 Å². The Morgan fingerprint density at radius 3 is 2.47 bits per heavy atom. The van der Waals surface area contributed by atoms with Crippen molar-refractivity contribution in [2.75, 3.05) is 25.2 Å². The van der Waals surface area contributed by atoms with Gasteiger partial charge in [0.1, 0.15) is 0 Å². The summed E-state index contributed by atoms with van der Waals surface area (Å²) < 4.78 is 4.96. The Morgan fingerprint density at radius 2 is 2.06 bits per heavy atom. The molecule has 5 heteroatoms. The molecule has 0 unspecified atom stereocenters. The first-order chi connectivity index (χ1) is 8.09. The van der Waals surface area contributed by atoms with Crippen molar-refractivity contribution in [2.24, 2.45) is 5.41 Å². The van der Waals surface area contributed by atoms with Crippen molar-refractivity contribution in [3.8, 4) is 6.07 Å². The smallest absolute Gasteiger partial charge is 0.252 e. The summed E-state index contributed by atoms with van der Waals surface area (Å²) in [7, 11) is 1.64. The van der Waals surface area contributed by atoms with Crippen LogP contribution in [0.5, 0.6) is 0 Å². The third-order valence-electron chi connectivity index (χ3n) is 2.84. The highest BCUT2D eigenvalue weighted by molar-refractivity contribution is 6.30. The van der Waals surface area contributed by atoms with Crippen LogP contribution >= 0.6 is 11.6 Å². The van der Waals surface area contributed by atoms with Crippen LogP contribution in [0.15, 0.2) is 24.3 Å². The van der Waals surface area contributed by atoms with Crippen molar-refractivity contribution in [3.63, 3.8) is 0 Å². The number of nitriles is 1. The summed E-state index contributed by atoms with van der Waals surface area (Å²) in [6.07, 6.45) is 0. The minimum atomic E-state index is -1.02. The normalized spacial score (nSPS) is 16.8. The molecule has 0 spiro atoms. The lowest BCUT2D eigenvalue weighted by Gasteiger charge is -2.36. The van der Waals surface area contributed by atoms with Crippen LogP contribution in [-0.2, 0) is 9.53 Å². The Morgan fingerprint density at radius 1 is 1.47 bits per heavy atom. The van der Waals surface area contributed by atoms with Crippen molar-refractivity contribution >= 4 is 23.2 Å². The number of anilines is 1. The molecule has 1 aliphatic heterocycles. The molecule has 1 aromatic carbocycles. The van der Waals surface area contributed by atoms with Gasteiger partial charge in [-0.2, -0.15) is 5.26 Å². The third kappa shape index (κ3) is 1.99. The molecule has 0 aliphatic carbocycles. The van der Waals surface area contributed by atoms with E-state index < -0.39 is 5.41 Å². The van der Waals surface area contributed by atoms with E-state index in [-0.39, 0.29) is 19.1 Å². The molecule has 1 saturated heterocycles. The molecule has 2 rings (SSSR count). The lowest BCUT2D eigenvalue weighted by molar-refractivity contribution is -0.146. The number of carbonyl (C=O) groups excluding carboxylic acids is 1. The van der Waals surface area contributed by atoms with E-state index in [9.17, 15) is 4.79 Å². The standard InChI is InChI=1S/C12H11ClN2O2/c1-15(10-4-2-9(13)3-5-10)11(16)12(6-14)7-17-8-12/h2-5H,7-8H2,1H3. The van der Waals surface area contributed by atoms with Gasteiger partial charge in [-0.25, -0.2) is 0 Å². The van der Waals surface area contributed by atoms with E-state index in [4.69, 9.17) is 21.6 Å². The summed E-state index contributed by atoms with van der Waals surface area (Å²) in [6, 6.07) is 8.93. The predicted molar refractivity (Wildman–Crippen MR) is 63.7 cm³/mol. The molecule has 1 aliphatic rings. The zero-order valence-corrected chi connectivity index (χ0v) is 10.1. The fourth-order valence-electron chi connectivity index (χ4n) is 1.65. The van der Waals surface area contributed by atoms with Crippen LogP contribution in [-0.4, -0.2) is 26.2 Å². The molecule has 0 aromatic heterocycles. The minimum Gasteiger partial charge on any atom is -0.377 e. The summed E-state index contributed by atoms with van der Waals surface area (Å²) in [5.41, 5.74) is -0.310. The van der Waals surface area contributed by atoms with Crippen LogP contribution in [0, 0.1) is 16.7 Å². The maximum absolute atomic E-state index is 12.2. The molecule has 0 N–H and O–H groups in total. The van der Waals surface area contributed by atoms with Gasteiger partial charge in [0.25, 0.3) is 5.91 Å². The number of rotatable bonds is 2. The Labute approximate surface area is 104 Å². The first kappa shape index (κ1) is 11.9. The van der Waals surface area contributed by atoms with E-state index in [0.29, 0.717) is 10.7 Å². The Balaban J connectivity index is 2.20. The molecule has 1 heterocycles. The molecule has 1 amide bonds. The molecule has 1 fully saturated rings. The van der Waals surface area contributed by atoms with Gasteiger partial charge in [-0.3, -0.25) is 4.79 Å². The largest absolute Gasteiger partial charge is 0.377 e. The van der Waals surface area contributed by atoms with Crippen LogP contribution in [0.1, 0.15) is 0 Å². The van der Waals surface area contributed by atoms with Gasteiger partial charge >= 0.3 is 0 Å². The van der Waals surface area contributed by atoms with E-state index in [1.165, 1.54) is 4.90 Å². The van der Waals surface area contributed by atoms with Crippen LogP contribution in [0.4, 0.5) is 5.69 Å². The van der Waals surface area contributed by atoms with E-state index in [0.717, 1.165) is 0 Å². The van der Waals surface area contributed by atoms with Gasteiger partial charge in [-0.1, -0.05) is 11.6 Å². The number of carbonyl (C=O) groups is 1. The molecule has 4 nitrogen and oxygen atoms in total. The lowest BCUT2D eigenvalue weighted by Crippen LogP contribution is -2.53. The third-order valence-corrected chi connectivity index (χ3v) is 3.09. The summed E-state index contributed by atoms with van der Waals surface area (Å²) in [5.74, 6) is -0.242. The first-order valence-corrected chi connectivity index (χ1v) is 5.49. The van der Waals surface area contributed by atoms with E-state index in [2.05, 4.69) is 0 Å². The number of hydrogen-bond donors (Lipinski definition) is 0. The average molecular weight is 251 g/mol.